The molecule has 0 atom stereocenters. The van der Waals surface area contributed by atoms with Gasteiger partial charge in [0.25, 0.3) is 17.7 Å². The first kappa shape index (κ1) is 80.8. The Morgan fingerprint density at radius 1 is 0.422 bits per heavy atom. The maximum Gasteiger partial charge on any atom is 0.419 e. The highest BCUT2D eigenvalue weighted by Crippen LogP contribution is 2.36. The van der Waals surface area contributed by atoms with E-state index < -0.39 is 9.84 Å². The molecule has 20 nitrogen and oxygen atoms in total. The number of fused-ring (bicyclic) bond motifs is 9. The van der Waals surface area contributed by atoms with Gasteiger partial charge in [-0.05, 0) is 203 Å². The van der Waals surface area contributed by atoms with Gasteiger partial charge in [-0.3, -0.25) is 43.2 Å². The molecule has 0 saturated carbocycles. The number of sulfone groups is 1. The minimum Gasteiger partial charge on any atom is -0.482 e. The first-order valence-corrected chi connectivity index (χ1v) is 39.3. The van der Waals surface area contributed by atoms with Gasteiger partial charge in [0.2, 0.25) is 11.8 Å². The summed E-state index contributed by atoms with van der Waals surface area (Å²) in [5, 5.41) is 0. The normalized spacial score (nSPS) is 14.9. The summed E-state index contributed by atoms with van der Waals surface area (Å²) in [6.07, 6.45) is 2.36. The highest BCUT2D eigenvalue weighted by atomic mass is 32.2. The maximum atomic E-state index is 11.5. The van der Waals surface area contributed by atoms with E-state index in [1.807, 2.05) is 186 Å². The third-order valence-electron chi connectivity index (χ3n) is 19.3. The molecule has 0 N–H and O–H groups in total. The van der Waals surface area contributed by atoms with Gasteiger partial charge in [0.1, 0.15) is 5.75 Å². The van der Waals surface area contributed by atoms with Crippen LogP contribution in [0.5, 0.6) is 5.75 Å². The van der Waals surface area contributed by atoms with Crippen molar-refractivity contribution in [3.63, 3.8) is 0 Å². The summed E-state index contributed by atoms with van der Waals surface area (Å²) in [5.74, 6) is 2.09. The van der Waals surface area contributed by atoms with Crippen LogP contribution >= 0.6 is 23.1 Å². The van der Waals surface area contributed by atoms with E-state index in [2.05, 4.69) is 66.3 Å². The Bertz CT molecular complexity index is 5330. The van der Waals surface area contributed by atoms with Crippen molar-refractivity contribution < 1.29 is 41.5 Å². The van der Waals surface area contributed by atoms with Gasteiger partial charge in [0.05, 0.1) is 68.6 Å². The van der Waals surface area contributed by atoms with Gasteiger partial charge in [0.15, 0.2) is 22.0 Å². The molecule has 18 rings (SSSR count). The number of likely N-dealkylation sites (N-methyl/N-ethyl adjacent to an activating group) is 2. The van der Waals surface area contributed by atoms with E-state index >= 15 is 0 Å². The first-order valence-electron chi connectivity index (χ1n) is 35.7. The first-order chi connectivity index (χ1) is 51.6. The Morgan fingerprint density at radius 2 is 0.927 bits per heavy atom. The molecule has 7 aliphatic rings. The van der Waals surface area contributed by atoms with E-state index in [1.54, 1.807) is 75.2 Å². The van der Waals surface area contributed by atoms with Crippen LogP contribution in [0.3, 0.4) is 0 Å². The number of aromatic nitrogens is 3. The van der Waals surface area contributed by atoms with Crippen LogP contribution in [0.1, 0.15) is 110 Å². The van der Waals surface area contributed by atoms with Crippen molar-refractivity contribution in [1.82, 2.24) is 28.8 Å². The number of carbonyl (C=O) groups excluding carboxylic acids is 5. The topological polar surface area (TPSA) is 218 Å². The van der Waals surface area contributed by atoms with E-state index in [4.69, 9.17) is 9.15 Å². The van der Waals surface area contributed by atoms with Crippen molar-refractivity contribution in [2.75, 3.05) is 69.3 Å². The van der Waals surface area contributed by atoms with Crippen molar-refractivity contribution in [1.29, 1.82) is 0 Å². The number of rotatable bonds is 0. The largest absolute Gasteiger partial charge is 0.482 e. The Morgan fingerprint density at radius 3 is 1.62 bits per heavy atom. The lowest BCUT2D eigenvalue weighted by atomic mass is 10.1. The summed E-state index contributed by atoms with van der Waals surface area (Å²) < 4.78 is 36.9. The van der Waals surface area contributed by atoms with Crippen molar-refractivity contribution in [2.24, 2.45) is 14.1 Å². The third-order valence-corrected chi connectivity index (χ3v) is 22.9. The van der Waals surface area contributed by atoms with Crippen molar-refractivity contribution in [3.8, 4) is 5.75 Å². The molecule has 8 aromatic carbocycles. The van der Waals surface area contributed by atoms with E-state index in [-0.39, 0.29) is 58.3 Å². The minimum atomic E-state index is -2.82. The number of ether oxygens (including phenoxy) is 1. The van der Waals surface area contributed by atoms with Crippen LogP contribution in [0.4, 0.5) is 17.1 Å². The fourth-order valence-corrected chi connectivity index (χ4v) is 16.4. The summed E-state index contributed by atoms with van der Waals surface area (Å²) in [4.78, 5) is 95.4. The lowest BCUT2D eigenvalue weighted by Gasteiger charge is -2.25. The standard InChI is InChI=1S/C10H11NO2.C10H11NOS.2C10H11NO.C10H13N.C9H10N2O.C9H9NO2.C9H9NOS.C9H10O2S/c2*1-7-3-4-9-8(5-7)11(2)10(12)6-13-9;1-7-3-4-8-6-11(2)10(12)9(8)5-7;1-7-3-4-8-6-10(12)11(2)9(8)5-7;1-8-3-4-9-6-11(2)7-10(9)5-8;1-6-3-7-8(10-4-6)5-11(2)9(7)12;2*1-6-3-4-8-7(5-6)10(2)9(11)12-8;1-7-2-3-8-5-12(10,11)6-9(8)4-7/h2*3-5H,6H2,1-2H3;2*3-5H,6H2,1-2H3;3-5H,6-7H2,1-2H3;3-4H,5H2,1-2H3;2*3-5H,1-2H3;2-4H,5-6H2,1H3. The molecule has 109 heavy (non-hydrogen) atoms. The van der Waals surface area contributed by atoms with Crippen LogP contribution in [-0.4, -0.2) is 121 Å². The van der Waals surface area contributed by atoms with Crippen LogP contribution in [0.15, 0.2) is 177 Å². The van der Waals surface area contributed by atoms with Crippen LogP contribution in [-0.2, 0) is 82.4 Å². The van der Waals surface area contributed by atoms with Crippen molar-refractivity contribution in [2.45, 2.75) is 111 Å². The second-order valence-corrected chi connectivity index (χ2v) is 32.8. The molecule has 10 heterocycles. The number of aryl methyl sites for hydroxylation is 11. The summed E-state index contributed by atoms with van der Waals surface area (Å²) in [6, 6.07) is 50.4. The van der Waals surface area contributed by atoms with E-state index in [0.29, 0.717) is 24.3 Å². The molecule has 0 bridgehead atoms. The lowest BCUT2D eigenvalue weighted by Crippen LogP contribution is -2.35. The average Bonchev–Trinajstić information content (AvgIpc) is 1.41. The van der Waals surface area contributed by atoms with E-state index in [1.165, 1.54) is 54.2 Å². The Hall–Kier alpha value is -10.7. The molecule has 23 heteroatoms. The monoisotopic (exact) mass is 1530 g/mol. The van der Waals surface area contributed by atoms with Crippen molar-refractivity contribution in [3.05, 3.63) is 278 Å². The SMILES string of the molecule is Cc1ccc2c(c1)C(=O)N(C)C2.Cc1ccc2c(c1)CN(C)C2.Cc1ccc2c(c1)CS(=O)(=O)C2.Cc1ccc2c(c1)N(C)C(=O)C2.Cc1ccc2c(c1)N(C)C(=O)CO2.Cc1ccc2c(c1)N(C)C(=O)CS2.Cc1ccc2oc(=O)n(C)c2c1.Cc1ccc2sc(=O)n(C)c2c1.Cc1cnc2c(c1)C(=O)N(C)C2. The number of nitrogens with zero attached hydrogens (tertiary/aromatic N) is 9. The molecule has 0 fully saturated rings. The highest BCUT2D eigenvalue weighted by molar-refractivity contribution is 8.00. The molecule has 0 radical (unpaired) electrons. The predicted octanol–water partition coefficient (Wildman–Crippen LogP) is 14.2. The maximum absolute atomic E-state index is 11.5. The fourth-order valence-electron chi connectivity index (χ4n) is 13.0. The van der Waals surface area contributed by atoms with Crippen LogP contribution in [0.2, 0.25) is 0 Å². The van der Waals surface area contributed by atoms with Gasteiger partial charge in [-0.2, -0.15) is 0 Å². The van der Waals surface area contributed by atoms with Gasteiger partial charge < -0.3 is 38.2 Å². The van der Waals surface area contributed by atoms with Gasteiger partial charge >= 0.3 is 10.6 Å². The van der Waals surface area contributed by atoms with Gasteiger partial charge in [-0.15, -0.1) is 11.8 Å². The van der Waals surface area contributed by atoms with Crippen LogP contribution in [0, 0.1) is 62.3 Å². The second-order valence-electron chi connectivity index (χ2n) is 28.7. The number of hydrogen-bond donors (Lipinski definition) is 0. The Labute approximate surface area is 646 Å². The molecular weight excluding hydrogens is 1430 g/mol. The highest BCUT2D eigenvalue weighted by Gasteiger charge is 2.28. The van der Waals surface area contributed by atoms with Gasteiger partial charge in [0, 0.05) is 91.3 Å². The number of carbonyl (C=O) groups is 5. The zero-order chi connectivity index (χ0) is 79.0. The molecule has 7 aliphatic heterocycles. The predicted molar refractivity (Wildman–Crippen MR) is 437 cm³/mol. The molecule has 11 aromatic rings. The molecule has 0 saturated heterocycles. The third kappa shape index (κ3) is 20.0. The second kappa shape index (κ2) is 34.7. The Balaban J connectivity index is 0.000000131. The molecule has 5 amide bonds. The summed E-state index contributed by atoms with van der Waals surface area (Å²) in [6.45, 7) is 22.0. The number of hydrogen-bond acceptors (Lipinski definition) is 15. The Kier molecular flexibility index (Phi) is 25.7. The zero-order valence-corrected chi connectivity index (χ0v) is 67.6. The molecule has 3 aromatic heterocycles. The number of anilines is 3. The number of pyridine rings is 1. The molecule has 0 spiro atoms. The summed E-state index contributed by atoms with van der Waals surface area (Å²) in [5.41, 5.74) is 25.8. The smallest absolute Gasteiger partial charge is 0.419 e. The fraction of sp³-hybridized carbons (Fsp3) is 0.302. The number of benzene rings is 8. The molecule has 568 valence electrons. The van der Waals surface area contributed by atoms with Gasteiger partial charge in [-0.1, -0.05) is 113 Å². The van der Waals surface area contributed by atoms with Crippen molar-refractivity contribution >= 4 is 101 Å². The number of thioether (sulfide) groups is 1. The number of oxazole rings is 1. The minimum absolute atomic E-state index is 0.00176. The van der Waals surface area contributed by atoms with Crippen LogP contribution in [0.25, 0.3) is 21.3 Å². The average molecular weight is 1530 g/mol. The molecule has 0 unspecified atom stereocenters. The molecular formula is C86H95N9O11S3. The van der Waals surface area contributed by atoms with Gasteiger partial charge in [-0.25, -0.2) is 13.2 Å². The van der Waals surface area contributed by atoms with Crippen LogP contribution < -0.4 is 30.1 Å². The summed E-state index contributed by atoms with van der Waals surface area (Å²) in [7, 11) is 11.9. The molecule has 0 aliphatic carbocycles. The quantitative estimate of drug-likeness (QED) is 0.138. The van der Waals surface area contributed by atoms with E-state index in [9.17, 15) is 42.0 Å². The number of thiazole rings is 1. The number of amides is 5. The van der Waals surface area contributed by atoms with E-state index in [0.717, 1.165) is 125 Å². The lowest BCUT2D eigenvalue weighted by molar-refractivity contribution is -0.121. The zero-order valence-electron chi connectivity index (χ0n) is 65.1. The summed E-state index contributed by atoms with van der Waals surface area (Å²) >= 11 is 2.91.